The van der Waals surface area contributed by atoms with Crippen LogP contribution in [0.1, 0.15) is 77.1 Å². The van der Waals surface area contributed by atoms with Gasteiger partial charge in [-0.15, -0.1) is 0 Å². The average molecular weight is 797 g/mol. The van der Waals surface area contributed by atoms with E-state index in [0.29, 0.717) is 29.8 Å². The second-order valence-electron chi connectivity index (χ2n) is 15.5. The molecule has 300 valence electrons. The van der Waals surface area contributed by atoms with Gasteiger partial charge >= 0.3 is 12.2 Å². The molecule has 3 aromatic carbocycles. The summed E-state index contributed by atoms with van der Waals surface area (Å²) in [5.41, 5.74) is 3.47. The maximum absolute atomic E-state index is 13.6. The van der Waals surface area contributed by atoms with Crippen LogP contribution in [0.25, 0.3) is 44.1 Å². The molecule has 2 aliphatic rings. The molecule has 57 heavy (non-hydrogen) atoms. The number of amides is 4. The fourth-order valence-corrected chi connectivity index (χ4v) is 8.43. The number of nitrogens with one attached hydrogen (secondary N) is 4. The van der Waals surface area contributed by atoms with Crippen molar-refractivity contribution in [2.45, 2.75) is 77.5 Å². The highest BCUT2D eigenvalue weighted by Crippen LogP contribution is 2.39. The molecule has 2 aromatic heterocycles. The van der Waals surface area contributed by atoms with Gasteiger partial charge in [0.25, 0.3) is 0 Å². The number of hydrogen-bond donors (Lipinski definition) is 4. The van der Waals surface area contributed by atoms with Crippen molar-refractivity contribution in [3.05, 3.63) is 71.5 Å². The molecular weight excluding hydrogens is 748 g/mol. The summed E-state index contributed by atoms with van der Waals surface area (Å²) in [4.78, 5) is 71.2. The summed E-state index contributed by atoms with van der Waals surface area (Å²) in [6.07, 6.45) is 5.48. The van der Waals surface area contributed by atoms with Gasteiger partial charge in [0, 0.05) is 35.0 Å². The van der Waals surface area contributed by atoms with E-state index < -0.39 is 24.3 Å². The number of aromatic amines is 2. The fourth-order valence-electron chi connectivity index (χ4n) is 8.09. The standard InChI is InChI=1S/C42H49ClN8O6/c1-22(2)35(48-41(54)56-5)39(52)50-15-7-9-32(50)37-44-20-30(46-37)25-13-14-28-27(18-25)17-24-11-12-26(19-29(24)34(28)43)31-21-45-38(47-31)33-10-8-16-51(33)40(53)36(23(3)4)49-42(55)57-6/h11-14,17-23,32-33,35-36H,7-10,15-16H2,1-6H3,(H,44,46)(H,45,47)(H,48,54)(H,49,55)/t32-,33-,35-,36-/m0/s1. The number of carbonyl (C=O) groups is 4. The Morgan fingerprint density at radius 3 is 1.68 bits per heavy atom. The lowest BCUT2D eigenvalue weighted by atomic mass is 9.98. The quantitative estimate of drug-likeness (QED) is 0.105. The van der Waals surface area contributed by atoms with E-state index in [2.05, 4.69) is 38.8 Å². The minimum Gasteiger partial charge on any atom is -0.453 e. The largest absolute Gasteiger partial charge is 0.453 e. The first kappa shape index (κ1) is 39.6. The number of halogens is 1. The van der Waals surface area contributed by atoms with Gasteiger partial charge in [-0.3, -0.25) is 9.59 Å². The number of likely N-dealkylation sites (tertiary alicyclic amines) is 2. The van der Waals surface area contributed by atoms with Crippen LogP contribution < -0.4 is 10.6 Å². The van der Waals surface area contributed by atoms with Gasteiger partial charge < -0.3 is 39.9 Å². The van der Waals surface area contributed by atoms with Crippen LogP contribution in [0.15, 0.2) is 54.9 Å². The van der Waals surface area contributed by atoms with E-state index in [9.17, 15) is 19.2 Å². The summed E-state index contributed by atoms with van der Waals surface area (Å²) in [6, 6.07) is 12.4. The third-order valence-corrected chi connectivity index (χ3v) is 11.6. The normalized spacial score (nSPS) is 18.1. The molecule has 4 amide bonds. The Morgan fingerprint density at radius 1 is 0.702 bits per heavy atom. The van der Waals surface area contributed by atoms with Gasteiger partial charge in [0.1, 0.15) is 23.7 Å². The number of benzene rings is 3. The summed E-state index contributed by atoms with van der Waals surface area (Å²) in [7, 11) is 2.57. The van der Waals surface area contributed by atoms with E-state index in [1.165, 1.54) is 14.2 Å². The number of ether oxygens (including phenoxy) is 2. The Balaban J connectivity index is 1.10. The van der Waals surface area contributed by atoms with Crippen molar-refractivity contribution in [3.8, 4) is 22.5 Å². The van der Waals surface area contributed by atoms with Crippen LogP contribution in [-0.2, 0) is 19.1 Å². The highest BCUT2D eigenvalue weighted by molar-refractivity contribution is 6.41. The van der Waals surface area contributed by atoms with E-state index >= 15 is 0 Å². The van der Waals surface area contributed by atoms with Gasteiger partial charge in [0.15, 0.2) is 0 Å². The van der Waals surface area contributed by atoms with Crippen LogP contribution in [0.2, 0.25) is 5.02 Å². The van der Waals surface area contributed by atoms with Crippen LogP contribution in [0.4, 0.5) is 9.59 Å². The smallest absolute Gasteiger partial charge is 0.407 e. The number of alkyl carbamates (subject to hydrolysis) is 2. The average Bonchev–Trinajstić information content (AvgIpc) is 4.05. The van der Waals surface area contributed by atoms with Crippen LogP contribution in [0.5, 0.6) is 0 Å². The number of fused-ring (bicyclic) bond motifs is 2. The Labute approximate surface area is 336 Å². The molecule has 0 spiro atoms. The van der Waals surface area contributed by atoms with Gasteiger partial charge in [-0.25, -0.2) is 19.6 Å². The fraction of sp³-hybridized carbons (Fsp3) is 0.429. The van der Waals surface area contributed by atoms with Crippen molar-refractivity contribution < 1.29 is 28.7 Å². The first-order valence-electron chi connectivity index (χ1n) is 19.4. The number of nitrogens with zero attached hydrogens (tertiary/aromatic N) is 4. The molecule has 2 fully saturated rings. The zero-order chi connectivity index (χ0) is 40.5. The summed E-state index contributed by atoms with van der Waals surface area (Å²) < 4.78 is 9.53. The third-order valence-electron chi connectivity index (χ3n) is 11.2. The maximum atomic E-state index is 13.6. The summed E-state index contributed by atoms with van der Waals surface area (Å²) in [6.45, 7) is 8.73. The van der Waals surface area contributed by atoms with Crippen LogP contribution in [0, 0.1) is 11.8 Å². The Morgan fingerprint density at radius 2 is 1.19 bits per heavy atom. The molecule has 4 N–H and O–H groups in total. The second kappa shape index (κ2) is 16.5. The molecular formula is C42H49ClN8O6. The molecule has 4 atom stereocenters. The number of H-pyrrole nitrogens is 2. The first-order valence-corrected chi connectivity index (χ1v) is 19.8. The molecule has 2 aliphatic heterocycles. The molecule has 5 aromatic rings. The van der Waals surface area contributed by atoms with Crippen molar-refractivity contribution in [3.63, 3.8) is 0 Å². The minimum absolute atomic E-state index is 0.120. The summed E-state index contributed by atoms with van der Waals surface area (Å²) in [5, 5.41) is 9.77. The lowest BCUT2D eigenvalue weighted by molar-refractivity contribution is -0.136. The Hall–Kier alpha value is -5.63. The molecule has 0 aliphatic carbocycles. The van der Waals surface area contributed by atoms with Crippen molar-refractivity contribution in [1.29, 1.82) is 0 Å². The topological polar surface area (TPSA) is 175 Å². The number of rotatable bonds is 10. The lowest BCUT2D eigenvalue weighted by Gasteiger charge is -2.30. The number of hydrogen-bond acceptors (Lipinski definition) is 8. The minimum atomic E-state index is -0.708. The Kier molecular flexibility index (Phi) is 11.4. The number of carbonyl (C=O) groups excluding carboxylic acids is 4. The molecule has 0 radical (unpaired) electrons. The van der Waals surface area contributed by atoms with Crippen LogP contribution in [0.3, 0.4) is 0 Å². The monoisotopic (exact) mass is 796 g/mol. The van der Waals surface area contributed by atoms with Gasteiger partial charge in [0.05, 0.1) is 55.1 Å². The molecule has 14 nitrogen and oxygen atoms in total. The van der Waals surface area contributed by atoms with Gasteiger partial charge in [-0.2, -0.15) is 0 Å². The zero-order valence-electron chi connectivity index (χ0n) is 33.0. The maximum Gasteiger partial charge on any atom is 0.407 e. The van der Waals surface area contributed by atoms with E-state index in [-0.39, 0.29) is 35.7 Å². The van der Waals surface area contributed by atoms with Crippen LogP contribution in [-0.4, -0.2) is 93.1 Å². The van der Waals surface area contributed by atoms with Gasteiger partial charge in [-0.1, -0.05) is 63.6 Å². The van der Waals surface area contributed by atoms with Crippen molar-refractivity contribution in [2.75, 3.05) is 27.3 Å². The first-order chi connectivity index (χ1) is 27.4. The lowest BCUT2D eigenvalue weighted by Crippen LogP contribution is -2.51. The Bertz CT molecular complexity index is 2320. The molecule has 2 saturated heterocycles. The predicted octanol–water partition coefficient (Wildman–Crippen LogP) is 7.51. The molecule has 0 bridgehead atoms. The molecule has 0 saturated carbocycles. The predicted molar refractivity (Wildman–Crippen MR) is 217 cm³/mol. The highest BCUT2D eigenvalue weighted by Gasteiger charge is 2.39. The van der Waals surface area contributed by atoms with E-state index in [1.54, 1.807) is 22.2 Å². The molecule has 7 rings (SSSR count). The molecule has 15 heteroatoms. The van der Waals surface area contributed by atoms with Gasteiger partial charge in [-0.05, 0) is 66.5 Å². The number of methoxy groups -OCH3 is 2. The highest BCUT2D eigenvalue weighted by atomic mass is 35.5. The summed E-state index contributed by atoms with van der Waals surface area (Å²) in [5.74, 6) is 0.837. The van der Waals surface area contributed by atoms with Gasteiger partial charge in [0.2, 0.25) is 11.8 Å². The van der Waals surface area contributed by atoms with Crippen molar-refractivity contribution in [1.82, 2.24) is 40.4 Å². The zero-order valence-corrected chi connectivity index (χ0v) is 33.8. The van der Waals surface area contributed by atoms with E-state index in [0.717, 1.165) is 69.7 Å². The molecule has 4 heterocycles. The second-order valence-corrected chi connectivity index (χ2v) is 15.9. The molecule has 0 unspecified atom stereocenters. The third kappa shape index (κ3) is 7.87. The van der Waals surface area contributed by atoms with Crippen LogP contribution >= 0.6 is 11.6 Å². The van der Waals surface area contributed by atoms with E-state index in [1.807, 2.05) is 52.0 Å². The number of aromatic nitrogens is 4. The SMILES string of the molecule is COC(=O)N[C@H](C(=O)N1CCC[C@H]1c1ncc(-c2ccc3c(Cl)c4cc(-c5cnc([C@@H]6CCCN6C(=O)[C@@H](NC(=O)OC)C(C)C)[nH]5)ccc4cc3c2)[nH]1)C(C)C. The van der Waals surface area contributed by atoms with Crippen molar-refractivity contribution in [2.24, 2.45) is 11.8 Å². The van der Waals surface area contributed by atoms with Crippen molar-refractivity contribution >= 4 is 57.1 Å². The summed E-state index contributed by atoms with van der Waals surface area (Å²) >= 11 is 7.12. The number of imidazole rings is 2. The van der Waals surface area contributed by atoms with E-state index in [4.69, 9.17) is 31.0 Å².